The molecule has 2 unspecified atom stereocenters. The standard InChI is InChI=1S/C22H19N5O3S/c28-20(18-11-23-5-6-24-18)25-15-3-7-27-19(10-15)21(29)26-17-2-1-13(9-16(17)22(27)30)14-4-8-31-12-14/h1-2,4-6,8-9,11-12,15,19H,3,7,10H2,(H,25,28)(H,26,29). The topological polar surface area (TPSA) is 104 Å². The predicted octanol–water partition coefficient (Wildman–Crippen LogP) is 2.56. The van der Waals surface area contributed by atoms with Crippen LogP contribution in [0.15, 0.2) is 53.6 Å². The van der Waals surface area contributed by atoms with Gasteiger partial charge in [0.15, 0.2) is 0 Å². The fourth-order valence-corrected chi connectivity index (χ4v) is 4.74. The first-order valence-electron chi connectivity index (χ1n) is 9.95. The molecule has 1 aromatic carbocycles. The van der Waals surface area contributed by atoms with Gasteiger partial charge in [0.1, 0.15) is 11.7 Å². The summed E-state index contributed by atoms with van der Waals surface area (Å²) in [6.45, 7) is 0.379. The highest BCUT2D eigenvalue weighted by molar-refractivity contribution is 7.08. The number of hydrogen-bond acceptors (Lipinski definition) is 6. The summed E-state index contributed by atoms with van der Waals surface area (Å²) in [5.41, 5.74) is 3.20. The summed E-state index contributed by atoms with van der Waals surface area (Å²) in [7, 11) is 0. The van der Waals surface area contributed by atoms with E-state index in [2.05, 4.69) is 20.6 Å². The number of aromatic nitrogens is 2. The van der Waals surface area contributed by atoms with Gasteiger partial charge in [-0.15, -0.1) is 0 Å². The van der Waals surface area contributed by atoms with Crippen LogP contribution in [0.1, 0.15) is 33.7 Å². The third kappa shape index (κ3) is 3.68. The van der Waals surface area contributed by atoms with Crippen molar-refractivity contribution in [2.45, 2.75) is 24.9 Å². The minimum absolute atomic E-state index is 0.172. The number of hydrogen-bond donors (Lipinski definition) is 2. The van der Waals surface area contributed by atoms with Gasteiger partial charge in [-0.25, -0.2) is 4.98 Å². The molecule has 31 heavy (non-hydrogen) atoms. The summed E-state index contributed by atoms with van der Waals surface area (Å²) in [4.78, 5) is 48.2. The van der Waals surface area contributed by atoms with Crippen LogP contribution in [0.25, 0.3) is 11.1 Å². The molecular formula is C22H19N5O3S. The molecular weight excluding hydrogens is 414 g/mol. The second-order valence-corrected chi connectivity index (χ2v) is 8.34. The maximum Gasteiger partial charge on any atom is 0.271 e. The Morgan fingerprint density at radius 1 is 1.19 bits per heavy atom. The Morgan fingerprint density at radius 2 is 2.10 bits per heavy atom. The van der Waals surface area contributed by atoms with Gasteiger partial charge in [-0.05, 0) is 52.9 Å². The Hall–Kier alpha value is -3.59. The first-order valence-corrected chi connectivity index (χ1v) is 10.9. The predicted molar refractivity (Wildman–Crippen MR) is 116 cm³/mol. The second-order valence-electron chi connectivity index (χ2n) is 7.56. The molecule has 2 N–H and O–H groups in total. The summed E-state index contributed by atoms with van der Waals surface area (Å²) >= 11 is 1.59. The van der Waals surface area contributed by atoms with Crippen LogP contribution < -0.4 is 10.6 Å². The fraction of sp³-hybridized carbons (Fsp3) is 0.227. The highest BCUT2D eigenvalue weighted by Gasteiger charge is 2.40. The maximum atomic E-state index is 13.3. The lowest BCUT2D eigenvalue weighted by Crippen LogP contribution is -2.55. The van der Waals surface area contributed by atoms with E-state index in [0.29, 0.717) is 30.6 Å². The molecule has 0 spiro atoms. The SMILES string of the molecule is O=C(NC1CCN2C(=O)c3cc(-c4ccsc4)ccc3NC(=O)C2C1)c1cnccn1. The van der Waals surface area contributed by atoms with Crippen molar-refractivity contribution in [3.8, 4) is 11.1 Å². The molecule has 0 bridgehead atoms. The van der Waals surface area contributed by atoms with E-state index >= 15 is 0 Å². The van der Waals surface area contributed by atoms with E-state index in [-0.39, 0.29) is 29.5 Å². The molecule has 8 nitrogen and oxygen atoms in total. The number of rotatable bonds is 3. The molecule has 3 amide bonds. The quantitative estimate of drug-likeness (QED) is 0.661. The van der Waals surface area contributed by atoms with Crippen LogP contribution in [0.2, 0.25) is 0 Å². The highest BCUT2D eigenvalue weighted by Crippen LogP contribution is 2.32. The van der Waals surface area contributed by atoms with Crippen molar-refractivity contribution in [1.29, 1.82) is 0 Å². The number of carbonyl (C=O) groups is 3. The molecule has 0 aliphatic carbocycles. The number of nitrogens with zero attached hydrogens (tertiary/aromatic N) is 3. The second kappa shape index (κ2) is 7.92. The van der Waals surface area contributed by atoms with Crippen LogP contribution in [0, 0.1) is 0 Å². The Kier molecular flexibility index (Phi) is 4.95. The number of piperidine rings is 1. The number of carbonyl (C=O) groups excluding carboxylic acids is 3. The summed E-state index contributed by atoms with van der Waals surface area (Å²) in [5.74, 6) is -0.751. The van der Waals surface area contributed by atoms with Crippen LogP contribution in [0.5, 0.6) is 0 Å². The Bertz CT molecular complexity index is 1150. The third-order valence-corrected chi connectivity index (χ3v) is 6.34. The van der Waals surface area contributed by atoms with E-state index in [1.807, 2.05) is 29.0 Å². The van der Waals surface area contributed by atoms with Crippen molar-refractivity contribution in [1.82, 2.24) is 20.2 Å². The van der Waals surface area contributed by atoms with Crippen LogP contribution in [-0.4, -0.2) is 51.2 Å². The van der Waals surface area contributed by atoms with Crippen LogP contribution in [0.3, 0.4) is 0 Å². The lowest BCUT2D eigenvalue weighted by Gasteiger charge is -2.37. The largest absolute Gasteiger partial charge is 0.348 e. The monoisotopic (exact) mass is 433 g/mol. The highest BCUT2D eigenvalue weighted by atomic mass is 32.1. The molecule has 5 rings (SSSR count). The molecule has 4 heterocycles. The number of benzene rings is 1. The maximum absolute atomic E-state index is 13.3. The van der Waals surface area contributed by atoms with E-state index < -0.39 is 6.04 Å². The van der Waals surface area contributed by atoms with Gasteiger partial charge in [0, 0.05) is 25.0 Å². The van der Waals surface area contributed by atoms with Gasteiger partial charge in [-0.2, -0.15) is 11.3 Å². The van der Waals surface area contributed by atoms with Crippen molar-refractivity contribution in [3.63, 3.8) is 0 Å². The molecule has 2 aromatic heterocycles. The van der Waals surface area contributed by atoms with Crippen molar-refractivity contribution in [2.75, 3.05) is 11.9 Å². The molecule has 2 aliphatic rings. The van der Waals surface area contributed by atoms with Gasteiger partial charge >= 0.3 is 0 Å². The van der Waals surface area contributed by atoms with Gasteiger partial charge in [0.05, 0.1) is 17.4 Å². The zero-order valence-corrected chi connectivity index (χ0v) is 17.3. The number of thiophene rings is 1. The van der Waals surface area contributed by atoms with Crippen LogP contribution >= 0.6 is 11.3 Å². The smallest absolute Gasteiger partial charge is 0.271 e. The Balaban J connectivity index is 1.37. The van der Waals surface area contributed by atoms with Crippen molar-refractivity contribution >= 4 is 34.7 Å². The van der Waals surface area contributed by atoms with E-state index in [1.165, 1.54) is 18.6 Å². The molecule has 2 atom stereocenters. The third-order valence-electron chi connectivity index (χ3n) is 5.66. The fourth-order valence-electron chi connectivity index (χ4n) is 4.07. The van der Waals surface area contributed by atoms with Gasteiger partial charge in [-0.3, -0.25) is 19.4 Å². The summed E-state index contributed by atoms with van der Waals surface area (Å²) in [5, 5.41) is 9.82. The molecule has 0 saturated carbocycles. The summed E-state index contributed by atoms with van der Waals surface area (Å²) < 4.78 is 0. The summed E-state index contributed by atoms with van der Waals surface area (Å²) in [6.07, 6.45) is 5.25. The van der Waals surface area contributed by atoms with Crippen LogP contribution in [0.4, 0.5) is 5.69 Å². The van der Waals surface area contributed by atoms with Gasteiger partial charge in [-0.1, -0.05) is 6.07 Å². The molecule has 3 aromatic rings. The van der Waals surface area contributed by atoms with Gasteiger partial charge in [0.25, 0.3) is 11.8 Å². The molecule has 0 radical (unpaired) electrons. The minimum Gasteiger partial charge on any atom is -0.348 e. The van der Waals surface area contributed by atoms with Crippen molar-refractivity contribution in [2.24, 2.45) is 0 Å². The van der Waals surface area contributed by atoms with E-state index in [0.717, 1.165) is 11.1 Å². The first-order chi connectivity index (χ1) is 15.1. The molecule has 1 fully saturated rings. The minimum atomic E-state index is -0.648. The van der Waals surface area contributed by atoms with E-state index in [1.54, 1.807) is 22.3 Å². The van der Waals surface area contributed by atoms with Crippen molar-refractivity contribution < 1.29 is 14.4 Å². The number of nitrogens with one attached hydrogen (secondary N) is 2. The van der Waals surface area contributed by atoms with Gasteiger partial charge < -0.3 is 15.5 Å². The lowest BCUT2D eigenvalue weighted by atomic mass is 9.95. The van der Waals surface area contributed by atoms with Crippen LogP contribution in [-0.2, 0) is 4.79 Å². The first kappa shape index (κ1) is 19.4. The molecule has 9 heteroatoms. The zero-order valence-electron chi connectivity index (χ0n) is 16.4. The Labute approximate surface area is 182 Å². The Morgan fingerprint density at radius 3 is 2.87 bits per heavy atom. The van der Waals surface area contributed by atoms with E-state index in [4.69, 9.17) is 0 Å². The van der Waals surface area contributed by atoms with Gasteiger partial charge in [0.2, 0.25) is 5.91 Å². The normalized spacial score (nSPS) is 20.3. The lowest BCUT2D eigenvalue weighted by molar-refractivity contribution is -0.121. The molecule has 1 saturated heterocycles. The average molecular weight is 433 g/mol. The number of anilines is 1. The number of fused-ring (bicyclic) bond motifs is 2. The molecule has 2 aliphatic heterocycles. The number of amides is 3. The average Bonchev–Trinajstić information content (AvgIpc) is 3.31. The van der Waals surface area contributed by atoms with E-state index in [9.17, 15) is 14.4 Å². The zero-order chi connectivity index (χ0) is 21.4. The van der Waals surface area contributed by atoms with Crippen molar-refractivity contribution in [3.05, 3.63) is 64.9 Å². The summed E-state index contributed by atoms with van der Waals surface area (Å²) in [6, 6.07) is 6.64. The molecule has 156 valence electrons.